The van der Waals surface area contributed by atoms with Crippen molar-refractivity contribution in [2.75, 3.05) is 13.2 Å². The van der Waals surface area contributed by atoms with E-state index in [0.717, 1.165) is 16.6 Å². The van der Waals surface area contributed by atoms with Crippen LogP contribution in [0.15, 0.2) is 46.9 Å². The highest BCUT2D eigenvalue weighted by atomic mass is 79.9. The molecule has 0 heterocycles. The summed E-state index contributed by atoms with van der Waals surface area (Å²) in [6, 6.07) is 13.7. The van der Waals surface area contributed by atoms with Crippen molar-refractivity contribution in [3.8, 4) is 5.75 Å². The van der Waals surface area contributed by atoms with E-state index in [-0.39, 0.29) is 6.61 Å². The minimum Gasteiger partial charge on any atom is -0.489 e. The van der Waals surface area contributed by atoms with E-state index >= 15 is 0 Å². The van der Waals surface area contributed by atoms with E-state index in [2.05, 4.69) is 21.2 Å². The highest BCUT2D eigenvalue weighted by Crippen LogP contribution is 2.32. The van der Waals surface area contributed by atoms with Gasteiger partial charge in [0.1, 0.15) is 18.5 Å². The van der Waals surface area contributed by atoms with Crippen LogP contribution in [0.5, 0.6) is 5.75 Å². The molecule has 1 atom stereocenters. The van der Waals surface area contributed by atoms with Gasteiger partial charge in [-0.1, -0.05) is 41.9 Å². The average molecular weight is 385 g/mol. The van der Waals surface area contributed by atoms with E-state index in [1.807, 2.05) is 43.3 Å². The Labute approximate surface area is 144 Å². The molecule has 0 saturated heterocycles. The molecule has 0 aliphatic rings. The standard InChI is InChI=1S/C17H19BrClNO2/c1-12-7-14(19)8-16(18)17(12)22-11-15(21)10-20-9-13-5-3-2-4-6-13/h2-8,15,20-21H,9-11H2,1H3. The third kappa shape index (κ3) is 5.29. The molecule has 0 aliphatic carbocycles. The van der Waals surface area contributed by atoms with Crippen molar-refractivity contribution in [2.45, 2.75) is 19.6 Å². The number of ether oxygens (including phenoxy) is 1. The van der Waals surface area contributed by atoms with Crippen molar-refractivity contribution >= 4 is 27.5 Å². The molecule has 2 aromatic carbocycles. The molecule has 5 heteroatoms. The minimum atomic E-state index is -0.578. The maximum atomic E-state index is 10.00. The summed E-state index contributed by atoms with van der Waals surface area (Å²) < 4.78 is 6.49. The van der Waals surface area contributed by atoms with Gasteiger partial charge < -0.3 is 15.2 Å². The topological polar surface area (TPSA) is 41.5 Å². The highest BCUT2D eigenvalue weighted by molar-refractivity contribution is 9.10. The molecule has 2 rings (SSSR count). The van der Waals surface area contributed by atoms with E-state index in [4.69, 9.17) is 16.3 Å². The Kier molecular flexibility index (Phi) is 6.70. The molecule has 2 aromatic rings. The van der Waals surface area contributed by atoms with Gasteiger partial charge >= 0.3 is 0 Å². The van der Waals surface area contributed by atoms with Crippen LogP contribution in [-0.4, -0.2) is 24.4 Å². The van der Waals surface area contributed by atoms with E-state index < -0.39 is 6.10 Å². The van der Waals surface area contributed by atoms with Gasteiger partial charge in [-0.3, -0.25) is 0 Å². The first kappa shape index (κ1) is 17.3. The summed E-state index contributed by atoms with van der Waals surface area (Å²) >= 11 is 9.39. The maximum Gasteiger partial charge on any atom is 0.136 e. The summed E-state index contributed by atoms with van der Waals surface area (Å²) in [6.07, 6.45) is -0.578. The molecule has 1 unspecified atom stereocenters. The molecule has 2 N–H and O–H groups in total. The summed E-state index contributed by atoms with van der Waals surface area (Å²) in [5, 5.41) is 13.9. The predicted molar refractivity (Wildman–Crippen MR) is 93.5 cm³/mol. The van der Waals surface area contributed by atoms with E-state index in [1.54, 1.807) is 6.07 Å². The first-order chi connectivity index (χ1) is 10.6. The normalized spacial score (nSPS) is 12.2. The Morgan fingerprint density at radius 1 is 1.27 bits per heavy atom. The molecule has 0 spiro atoms. The van der Waals surface area contributed by atoms with E-state index in [1.165, 1.54) is 5.56 Å². The molecule has 0 aromatic heterocycles. The summed E-state index contributed by atoms with van der Waals surface area (Å²) in [5.41, 5.74) is 2.12. The monoisotopic (exact) mass is 383 g/mol. The summed E-state index contributed by atoms with van der Waals surface area (Å²) in [4.78, 5) is 0. The third-order valence-corrected chi connectivity index (χ3v) is 3.97. The smallest absolute Gasteiger partial charge is 0.136 e. The fourth-order valence-electron chi connectivity index (χ4n) is 2.09. The van der Waals surface area contributed by atoms with Crippen molar-refractivity contribution in [3.05, 3.63) is 63.1 Å². The minimum absolute atomic E-state index is 0.225. The molecular formula is C17H19BrClNO2. The Balaban J connectivity index is 1.77. The van der Waals surface area contributed by atoms with E-state index in [9.17, 15) is 5.11 Å². The van der Waals surface area contributed by atoms with Gasteiger partial charge in [-0.25, -0.2) is 0 Å². The second-order valence-corrected chi connectivity index (χ2v) is 6.41. The third-order valence-electron chi connectivity index (χ3n) is 3.17. The van der Waals surface area contributed by atoms with Crippen LogP contribution < -0.4 is 10.1 Å². The largest absolute Gasteiger partial charge is 0.489 e. The van der Waals surface area contributed by atoms with Crippen LogP contribution in [0.4, 0.5) is 0 Å². The molecular weight excluding hydrogens is 366 g/mol. The average Bonchev–Trinajstić information content (AvgIpc) is 2.47. The van der Waals surface area contributed by atoms with Gasteiger partial charge in [0, 0.05) is 18.1 Å². The summed E-state index contributed by atoms with van der Waals surface area (Å²) in [5.74, 6) is 0.714. The second kappa shape index (κ2) is 8.53. The predicted octanol–water partition coefficient (Wildman–Crippen LogP) is 3.94. The Bertz CT molecular complexity index is 584. The van der Waals surface area contributed by atoms with Crippen LogP contribution in [0.2, 0.25) is 5.02 Å². The molecule has 22 heavy (non-hydrogen) atoms. The van der Waals surface area contributed by atoms with Crippen LogP contribution in [0, 0.1) is 6.92 Å². The fraction of sp³-hybridized carbons (Fsp3) is 0.294. The zero-order chi connectivity index (χ0) is 15.9. The maximum absolute atomic E-state index is 10.00. The van der Waals surface area contributed by atoms with Crippen molar-refractivity contribution in [3.63, 3.8) is 0 Å². The van der Waals surface area contributed by atoms with Gasteiger partial charge in [0.05, 0.1) is 4.47 Å². The van der Waals surface area contributed by atoms with Crippen molar-refractivity contribution < 1.29 is 9.84 Å². The lowest BCUT2D eigenvalue weighted by Gasteiger charge is -2.16. The van der Waals surface area contributed by atoms with Crippen LogP contribution in [0.3, 0.4) is 0 Å². The molecule has 118 valence electrons. The van der Waals surface area contributed by atoms with Crippen molar-refractivity contribution in [1.82, 2.24) is 5.32 Å². The fourth-order valence-corrected chi connectivity index (χ4v) is 3.17. The number of benzene rings is 2. The van der Waals surface area contributed by atoms with E-state index in [0.29, 0.717) is 17.3 Å². The lowest BCUT2D eigenvalue weighted by Crippen LogP contribution is -2.31. The number of nitrogens with one attached hydrogen (secondary N) is 1. The second-order valence-electron chi connectivity index (χ2n) is 5.11. The number of aliphatic hydroxyl groups excluding tert-OH is 1. The van der Waals surface area contributed by atoms with Crippen LogP contribution >= 0.6 is 27.5 Å². The van der Waals surface area contributed by atoms with Gasteiger partial charge in [0.25, 0.3) is 0 Å². The Morgan fingerprint density at radius 3 is 2.68 bits per heavy atom. The molecule has 0 fully saturated rings. The zero-order valence-electron chi connectivity index (χ0n) is 12.4. The molecule has 3 nitrogen and oxygen atoms in total. The highest BCUT2D eigenvalue weighted by Gasteiger charge is 2.10. The molecule has 0 amide bonds. The lowest BCUT2D eigenvalue weighted by molar-refractivity contribution is 0.105. The van der Waals surface area contributed by atoms with Gasteiger partial charge in [-0.05, 0) is 46.1 Å². The van der Waals surface area contributed by atoms with Crippen LogP contribution in [-0.2, 0) is 6.54 Å². The van der Waals surface area contributed by atoms with Gasteiger partial charge in [0.15, 0.2) is 0 Å². The van der Waals surface area contributed by atoms with Gasteiger partial charge in [-0.2, -0.15) is 0 Å². The SMILES string of the molecule is Cc1cc(Cl)cc(Br)c1OCC(O)CNCc1ccccc1. The molecule has 0 bridgehead atoms. The van der Waals surface area contributed by atoms with Gasteiger partial charge in [0.2, 0.25) is 0 Å². The number of aryl methyl sites for hydroxylation is 1. The summed E-state index contributed by atoms with van der Waals surface area (Å²) in [7, 11) is 0. The number of hydrogen-bond donors (Lipinski definition) is 2. The Hall–Kier alpha value is -1.07. The number of aliphatic hydroxyl groups is 1. The lowest BCUT2D eigenvalue weighted by atomic mass is 10.2. The zero-order valence-corrected chi connectivity index (χ0v) is 14.7. The van der Waals surface area contributed by atoms with Crippen molar-refractivity contribution in [1.29, 1.82) is 0 Å². The summed E-state index contributed by atoms with van der Waals surface area (Å²) in [6.45, 7) is 3.34. The first-order valence-corrected chi connectivity index (χ1v) is 8.24. The number of halogens is 2. The Morgan fingerprint density at radius 2 is 2.00 bits per heavy atom. The first-order valence-electron chi connectivity index (χ1n) is 7.07. The molecule has 0 radical (unpaired) electrons. The van der Waals surface area contributed by atoms with Crippen LogP contribution in [0.1, 0.15) is 11.1 Å². The molecule has 0 aliphatic heterocycles. The van der Waals surface area contributed by atoms with Gasteiger partial charge in [-0.15, -0.1) is 0 Å². The van der Waals surface area contributed by atoms with Crippen LogP contribution in [0.25, 0.3) is 0 Å². The number of rotatable bonds is 7. The molecule has 0 saturated carbocycles. The van der Waals surface area contributed by atoms with Crippen molar-refractivity contribution in [2.24, 2.45) is 0 Å². The quantitative estimate of drug-likeness (QED) is 0.760. The number of hydrogen-bond acceptors (Lipinski definition) is 3.